The standard InChI is InChI=1S/C14H20O2.C2H6/c1-3-13(15)16-14-7-10-4-11(8-14)6-12(5-10)9(14)2;1-2/h3,9-12H,1,4-8H2,2H3;1-2H3. The molecule has 0 aromatic heterocycles. The zero-order valence-corrected chi connectivity index (χ0v) is 11.9. The first-order valence-corrected chi connectivity index (χ1v) is 7.48. The number of hydrogen-bond donors (Lipinski definition) is 0. The highest BCUT2D eigenvalue weighted by Crippen LogP contribution is 2.59. The van der Waals surface area contributed by atoms with Crippen molar-refractivity contribution in [1.82, 2.24) is 0 Å². The molecule has 0 spiro atoms. The van der Waals surface area contributed by atoms with Gasteiger partial charge in [0.05, 0.1) is 0 Å². The Morgan fingerprint density at radius 1 is 1.22 bits per heavy atom. The van der Waals surface area contributed by atoms with Crippen molar-refractivity contribution in [3.63, 3.8) is 0 Å². The maximum Gasteiger partial charge on any atom is 0.330 e. The van der Waals surface area contributed by atoms with Crippen molar-refractivity contribution < 1.29 is 9.53 Å². The van der Waals surface area contributed by atoms with Crippen molar-refractivity contribution in [2.24, 2.45) is 23.7 Å². The van der Waals surface area contributed by atoms with Crippen molar-refractivity contribution in [3.05, 3.63) is 12.7 Å². The van der Waals surface area contributed by atoms with E-state index in [1.54, 1.807) is 0 Å². The molecule has 0 aliphatic heterocycles. The van der Waals surface area contributed by atoms with E-state index >= 15 is 0 Å². The molecule has 0 heterocycles. The zero-order chi connectivity index (χ0) is 13.3. The van der Waals surface area contributed by atoms with Crippen molar-refractivity contribution in [1.29, 1.82) is 0 Å². The summed E-state index contributed by atoms with van der Waals surface area (Å²) >= 11 is 0. The molecule has 18 heavy (non-hydrogen) atoms. The summed E-state index contributed by atoms with van der Waals surface area (Å²) in [5.74, 6) is 2.74. The van der Waals surface area contributed by atoms with Gasteiger partial charge in [-0.25, -0.2) is 4.79 Å². The number of rotatable bonds is 2. The van der Waals surface area contributed by atoms with Crippen LogP contribution < -0.4 is 0 Å². The molecule has 4 aliphatic rings. The minimum atomic E-state index is -0.228. The van der Waals surface area contributed by atoms with Crippen LogP contribution in [0.25, 0.3) is 0 Å². The second-order valence-electron chi connectivity index (χ2n) is 6.09. The van der Waals surface area contributed by atoms with Crippen molar-refractivity contribution in [2.75, 3.05) is 0 Å². The van der Waals surface area contributed by atoms with E-state index in [-0.39, 0.29) is 11.6 Å². The summed E-state index contributed by atoms with van der Waals surface area (Å²) in [5.41, 5.74) is -0.139. The number of ether oxygens (including phenoxy) is 1. The largest absolute Gasteiger partial charge is 0.456 e. The van der Waals surface area contributed by atoms with Crippen LogP contribution in [0.3, 0.4) is 0 Å². The van der Waals surface area contributed by atoms with Crippen LogP contribution in [0.4, 0.5) is 0 Å². The van der Waals surface area contributed by atoms with E-state index in [4.69, 9.17) is 4.74 Å². The third-order valence-corrected chi connectivity index (χ3v) is 5.21. The molecule has 0 aromatic carbocycles. The molecule has 0 aromatic rings. The predicted octanol–water partition coefficient (Wildman–Crippen LogP) is 3.96. The second kappa shape index (κ2) is 5.07. The Labute approximate surface area is 111 Å². The molecule has 0 amide bonds. The van der Waals surface area contributed by atoms with Crippen LogP contribution >= 0.6 is 0 Å². The first-order chi connectivity index (χ1) is 8.63. The smallest absolute Gasteiger partial charge is 0.330 e. The van der Waals surface area contributed by atoms with Gasteiger partial charge in [-0.1, -0.05) is 27.4 Å². The summed E-state index contributed by atoms with van der Waals surface area (Å²) in [7, 11) is 0. The molecule has 4 saturated carbocycles. The maximum absolute atomic E-state index is 11.5. The van der Waals surface area contributed by atoms with E-state index in [2.05, 4.69) is 13.5 Å². The lowest BCUT2D eigenvalue weighted by atomic mass is 9.50. The van der Waals surface area contributed by atoms with Gasteiger partial charge < -0.3 is 4.74 Å². The number of carbonyl (C=O) groups excluding carboxylic acids is 1. The van der Waals surface area contributed by atoms with Gasteiger partial charge in [-0.05, 0) is 55.8 Å². The molecule has 0 saturated heterocycles. The van der Waals surface area contributed by atoms with Gasteiger partial charge in [0.2, 0.25) is 0 Å². The van der Waals surface area contributed by atoms with E-state index in [1.165, 1.54) is 25.3 Å². The Morgan fingerprint density at radius 3 is 2.28 bits per heavy atom. The summed E-state index contributed by atoms with van der Waals surface area (Å²) in [6, 6.07) is 0. The Hall–Kier alpha value is -0.790. The summed E-state index contributed by atoms with van der Waals surface area (Å²) in [6.45, 7) is 9.79. The van der Waals surface area contributed by atoms with Crippen LogP contribution in [0.1, 0.15) is 52.9 Å². The summed E-state index contributed by atoms with van der Waals surface area (Å²) < 4.78 is 5.76. The molecule has 4 aliphatic carbocycles. The van der Waals surface area contributed by atoms with Crippen LogP contribution in [0.5, 0.6) is 0 Å². The molecule has 4 fully saturated rings. The molecule has 3 atom stereocenters. The molecule has 2 nitrogen and oxygen atoms in total. The Bertz CT molecular complexity index is 320. The lowest BCUT2D eigenvalue weighted by molar-refractivity contribution is -0.200. The van der Waals surface area contributed by atoms with Gasteiger partial charge in [0, 0.05) is 6.08 Å². The molecular weight excluding hydrogens is 224 g/mol. The third kappa shape index (κ3) is 2.10. The molecular formula is C16H26O2. The third-order valence-electron chi connectivity index (χ3n) is 5.21. The fraction of sp³-hybridized carbons (Fsp3) is 0.812. The molecule has 3 unspecified atom stereocenters. The Balaban J connectivity index is 0.000000574. The highest BCUT2D eigenvalue weighted by atomic mass is 16.6. The monoisotopic (exact) mass is 250 g/mol. The SMILES string of the molecule is C=CC(=O)OC12CC3CC(CC(C3)C1C)C2.CC. The number of esters is 1. The lowest BCUT2D eigenvalue weighted by Gasteiger charge is -2.59. The highest BCUT2D eigenvalue weighted by Gasteiger charge is 2.57. The molecule has 0 N–H and O–H groups in total. The van der Waals surface area contributed by atoms with Gasteiger partial charge in [0.25, 0.3) is 0 Å². The van der Waals surface area contributed by atoms with E-state index < -0.39 is 0 Å². The van der Waals surface area contributed by atoms with E-state index in [9.17, 15) is 4.79 Å². The maximum atomic E-state index is 11.5. The lowest BCUT2D eigenvalue weighted by Crippen LogP contribution is -2.58. The minimum Gasteiger partial charge on any atom is -0.456 e. The summed E-state index contributed by atoms with van der Waals surface area (Å²) in [6.07, 6.45) is 7.61. The number of hydrogen-bond acceptors (Lipinski definition) is 2. The van der Waals surface area contributed by atoms with Gasteiger partial charge in [0.1, 0.15) is 5.60 Å². The molecule has 0 radical (unpaired) electrons. The van der Waals surface area contributed by atoms with Crippen molar-refractivity contribution in [3.8, 4) is 0 Å². The normalized spacial score (nSPS) is 43.9. The minimum absolute atomic E-state index is 0.139. The van der Waals surface area contributed by atoms with Gasteiger partial charge in [-0.2, -0.15) is 0 Å². The van der Waals surface area contributed by atoms with Crippen LogP contribution in [0.2, 0.25) is 0 Å². The van der Waals surface area contributed by atoms with E-state index in [0.717, 1.165) is 30.6 Å². The van der Waals surface area contributed by atoms with Crippen LogP contribution in [-0.2, 0) is 9.53 Å². The van der Waals surface area contributed by atoms with Crippen molar-refractivity contribution >= 4 is 5.97 Å². The first kappa shape index (κ1) is 13.6. The second-order valence-corrected chi connectivity index (χ2v) is 6.09. The average molecular weight is 250 g/mol. The molecule has 102 valence electrons. The van der Waals surface area contributed by atoms with Crippen LogP contribution in [-0.4, -0.2) is 11.6 Å². The fourth-order valence-corrected chi connectivity index (χ4v) is 4.64. The predicted molar refractivity (Wildman–Crippen MR) is 73.1 cm³/mol. The van der Waals surface area contributed by atoms with Gasteiger partial charge in [-0.15, -0.1) is 0 Å². The first-order valence-electron chi connectivity index (χ1n) is 7.48. The van der Waals surface area contributed by atoms with Crippen molar-refractivity contribution in [2.45, 2.75) is 58.5 Å². The molecule has 4 bridgehead atoms. The summed E-state index contributed by atoms with van der Waals surface area (Å²) in [5, 5.41) is 0. The van der Waals surface area contributed by atoms with Gasteiger partial charge in [0.15, 0.2) is 0 Å². The van der Waals surface area contributed by atoms with Gasteiger partial charge in [-0.3, -0.25) is 0 Å². The highest BCUT2D eigenvalue weighted by molar-refractivity contribution is 5.81. The number of carbonyl (C=O) groups is 1. The van der Waals surface area contributed by atoms with Crippen LogP contribution in [0, 0.1) is 23.7 Å². The Kier molecular flexibility index (Phi) is 3.84. The van der Waals surface area contributed by atoms with Gasteiger partial charge >= 0.3 is 5.97 Å². The van der Waals surface area contributed by atoms with E-state index in [0.29, 0.717) is 5.92 Å². The topological polar surface area (TPSA) is 26.3 Å². The molecule has 2 heteroatoms. The van der Waals surface area contributed by atoms with E-state index in [1.807, 2.05) is 13.8 Å². The quantitative estimate of drug-likeness (QED) is 0.548. The molecule has 4 rings (SSSR count). The fourth-order valence-electron chi connectivity index (χ4n) is 4.64. The summed E-state index contributed by atoms with van der Waals surface area (Å²) in [4.78, 5) is 11.5. The average Bonchev–Trinajstić information content (AvgIpc) is 2.37. The Morgan fingerprint density at radius 2 is 1.78 bits per heavy atom. The van der Waals surface area contributed by atoms with Crippen LogP contribution in [0.15, 0.2) is 12.7 Å². The zero-order valence-electron chi connectivity index (χ0n) is 11.9.